The van der Waals surface area contributed by atoms with E-state index in [1.54, 1.807) is 0 Å². The van der Waals surface area contributed by atoms with Crippen LogP contribution in [0.5, 0.6) is 0 Å². The van der Waals surface area contributed by atoms with E-state index in [4.69, 9.17) is 0 Å². The SMILES string of the molecule is CCc1c(C)c(C(=O)O)c(C)c(CC)c1-c1ccccc1. The Labute approximate surface area is 126 Å². The van der Waals surface area contributed by atoms with Crippen molar-refractivity contribution in [3.8, 4) is 11.1 Å². The molecule has 2 nitrogen and oxygen atoms in total. The van der Waals surface area contributed by atoms with Crippen molar-refractivity contribution in [1.82, 2.24) is 0 Å². The van der Waals surface area contributed by atoms with Crippen LogP contribution in [0.25, 0.3) is 11.1 Å². The second-order valence-electron chi connectivity index (χ2n) is 5.34. The number of carbonyl (C=O) groups is 1. The van der Waals surface area contributed by atoms with Gasteiger partial charge in [-0.1, -0.05) is 44.2 Å². The standard InChI is InChI=1S/C19H22O2/c1-5-15-12(3)17(19(20)21)13(4)16(6-2)18(15)14-10-8-7-9-11-14/h7-11H,5-6H2,1-4H3,(H,20,21). The maximum absolute atomic E-state index is 11.6. The summed E-state index contributed by atoms with van der Waals surface area (Å²) in [5, 5.41) is 9.55. The summed E-state index contributed by atoms with van der Waals surface area (Å²) >= 11 is 0. The van der Waals surface area contributed by atoms with Crippen molar-refractivity contribution >= 4 is 5.97 Å². The molecule has 0 spiro atoms. The van der Waals surface area contributed by atoms with E-state index in [2.05, 4.69) is 26.0 Å². The first-order valence-corrected chi connectivity index (χ1v) is 7.46. The summed E-state index contributed by atoms with van der Waals surface area (Å²) in [4.78, 5) is 11.6. The zero-order chi connectivity index (χ0) is 15.6. The Balaban J connectivity index is 2.90. The summed E-state index contributed by atoms with van der Waals surface area (Å²) in [5.41, 5.74) is 6.98. The topological polar surface area (TPSA) is 37.3 Å². The zero-order valence-electron chi connectivity index (χ0n) is 13.2. The molecular weight excluding hydrogens is 260 g/mol. The molecule has 0 saturated carbocycles. The van der Waals surface area contributed by atoms with Gasteiger partial charge in [-0.3, -0.25) is 0 Å². The first kappa shape index (κ1) is 15.3. The molecule has 2 aromatic rings. The van der Waals surface area contributed by atoms with Crippen LogP contribution in [0.1, 0.15) is 46.5 Å². The average molecular weight is 282 g/mol. The molecule has 0 atom stereocenters. The van der Waals surface area contributed by atoms with Gasteiger partial charge in [-0.05, 0) is 60.1 Å². The Morgan fingerprint density at radius 1 is 0.952 bits per heavy atom. The fraction of sp³-hybridized carbons (Fsp3) is 0.316. The molecular formula is C19H22O2. The molecule has 0 heterocycles. The van der Waals surface area contributed by atoms with Crippen LogP contribution >= 0.6 is 0 Å². The van der Waals surface area contributed by atoms with Gasteiger partial charge < -0.3 is 5.11 Å². The van der Waals surface area contributed by atoms with Crippen molar-refractivity contribution in [2.45, 2.75) is 40.5 Å². The van der Waals surface area contributed by atoms with Gasteiger partial charge in [0.25, 0.3) is 0 Å². The van der Waals surface area contributed by atoms with Crippen molar-refractivity contribution in [2.75, 3.05) is 0 Å². The van der Waals surface area contributed by atoms with Crippen LogP contribution in [0.15, 0.2) is 30.3 Å². The predicted octanol–water partition coefficient (Wildman–Crippen LogP) is 4.79. The van der Waals surface area contributed by atoms with Gasteiger partial charge in [0, 0.05) is 0 Å². The third-order valence-corrected chi connectivity index (χ3v) is 4.24. The monoisotopic (exact) mass is 282 g/mol. The van der Waals surface area contributed by atoms with Crippen molar-refractivity contribution in [2.24, 2.45) is 0 Å². The summed E-state index contributed by atoms with van der Waals surface area (Å²) in [5.74, 6) is -0.825. The minimum atomic E-state index is -0.825. The molecule has 0 aliphatic carbocycles. The lowest BCUT2D eigenvalue weighted by atomic mass is 9.83. The molecule has 0 aromatic heterocycles. The van der Waals surface area contributed by atoms with E-state index in [9.17, 15) is 9.90 Å². The lowest BCUT2D eigenvalue weighted by Crippen LogP contribution is -2.11. The van der Waals surface area contributed by atoms with Gasteiger partial charge in [-0.15, -0.1) is 0 Å². The average Bonchev–Trinajstić information content (AvgIpc) is 2.47. The van der Waals surface area contributed by atoms with Crippen LogP contribution in [0.4, 0.5) is 0 Å². The zero-order valence-corrected chi connectivity index (χ0v) is 13.2. The second kappa shape index (κ2) is 6.13. The van der Waals surface area contributed by atoms with Crippen LogP contribution in [-0.2, 0) is 12.8 Å². The molecule has 2 aromatic carbocycles. The third kappa shape index (κ3) is 2.58. The molecule has 0 aliphatic heterocycles. The molecule has 2 rings (SSSR count). The highest BCUT2D eigenvalue weighted by molar-refractivity contribution is 5.94. The molecule has 0 unspecified atom stereocenters. The van der Waals surface area contributed by atoms with E-state index >= 15 is 0 Å². The minimum Gasteiger partial charge on any atom is -0.478 e. The van der Waals surface area contributed by atoms with Crippen molar-refractivity contribution in [3.05, 3.63) is 58.1 Å². The summed E-state index contributed by atoms with van der Waals surface area (Å²) in [6, 6.07) is 10.3. The Morgan fingerprint density at radius 2 is 1.43 bits per heavy atom. The second-order valence-corrected chi connectivity index (χ2v) is 5.34. The van der Waals surface area contributed by atoms with Crippen LogP contribution < -0.4 is 0 Å². The Bertz CT molecular complexity index is 639. The van der Waals surface area contributed by atoms with Crippen molar-refractivity contribution in [3.63, 3.8) is 0 Å². The number of hydrogen-bond donors (Lipinski definition) is 1. The van der Waals surface area contributed by atoms with Gasteiger partial charge in [0.15, 0.2) is 0 Å². The molecule has 21 heavy (non-hydrogen) atoms. The Morgan fingerprint density at radius 3 is 1.81 bits per heavy atom. The summed E-state index contributed by atoms with van der Waals surface area (Å²) < 4.78 is 0. The van der Waals surface area contributed by atoms with Crippen LogP contribution in [0, 0.1) is 13.8 Å². The van der Waals surface area contributed by atoms with E-state index in [0.29, 0.717) is 5.56 Å². The maximum atomic E-state index is 11.6. The molecule has 0 saturated heterocycles. The minimum absolute atomic E-state index is 0.475. The van der Waals surface area contributed by atoms with Gasteiger partial charge in [0.1, 0.15) is 0 Å². The molecule has 0 amide bonds. The predicted molar refractivity (Wildman–Crippen MR) is 87.1 cm³/mol. The Kier molecular flexibility index (Phi) is 4.46. The first-order chi connectivity index (χ1) is 10.0. The molecule has 0 radical (unpaired) electrons. The third-order valence-electron chi connectivity index (χ3n) is 4.24. The quantitative estimate of drug-likeness (QED) is 0.875. The van der Waals surface area contributed by atoms with Crippen molar-refractivity contribution < 1.29 is 9.90 Å². The Hall–Kier alpha value is -2.09. The van der Waals surface area contributed by atoms with E-state index in [1.165, 1.54) is 11.1 Å². The number of rotatable bonds is 4. The van der Waals surface area contributed by atoms with Gasteiger partial charge in [0.2, 0.25) is 0 Å². The fourth-order valence-corrected chi connectivity index (χ4v) is 3.30. The van der Waals surface area contributed by atoms with E-state index < -0.39 is 5.97 Å². The summed E-state index contributed by atoms with van der Waals surface area (Å²) in [6.45, 7) is 8.05. The molecule has 1 N–H and O–H groups in total. The normalized spacial score (nSPS) is 10.7. The van der Waals surface area contributed by atoms with E-state index in [0.717, 1.165) is 35.1 Å². The molecule has 110 valence electrons. The van der Waals surface area contributed by atoms with Crippen molar-refractivity contribution in [1.29, 1.82) is 0 Å². The number of carboxylic acid groups (broad SMARTS) is 1. The molecule has 2 heteroatoms. The number of carboxylic acids is 1. The highest BCUT2D eigenvalue weighted by Crippen LogP contribution is 2.36. The lowest BCUT2D eigenvalue weighted by Gasteiger charge is -2.21. The van der Waals surface area contributed by atoms with Crippen LogP contribution in [0.2, 0.25) is 0 Å². The van der Waals surface area contributed by atoms with Gasteiger partial charge in [-0.25, -0.2) is 4.79 Å². The van der Waals surface area contributed by atoms with Crippen LogP contribution in [-0.4, -0.2) is 11.1 Å². The molecule has 0 fully saturated rings. The smallest absolute Gasteiger partial charge is 0.336 e. The first-order valence-electron chi connectivity index (χ1n) is 7.46. The lowest BCUT2D eigenvalue weighted by molar-refractivity contribution is 0.0695. The highest BCUT2D eigenvalue weighted by atomic mass is 16.4. The highest BCUT2D eigenvalue weighted by Gasteiger charge is 2.22. The van der Waals surface area contributed by atoms with Crippen LogP contribution in [0.3, 0.4) is 0 Å². The largest absolute Gasteiger partial charge is 0.478 e. The molecule has 0 bridgehead atoms. The van der Waals surface area contributed by atoms with E-state index in [-0.39, 0.29) is 0 Å². The maximum Gasteiger partial charge on any atom is 0.336 e. The van der Waals surface area contributed by atoms with Gasteiger partial charge in [-0.2, -0.15) is 0 Å². The fourth-order valence-electron chi connectivity index (χ4n) is 3.30. The summed E-state index contributed by atoms with van der Waals surface area (Å²) in [6.07, 6.45) is 1.67. The molecule has 0 aliphatic rings. The number of hydrogen-bond acceptors (Lipinski definition) is 1. The summed E-state index contributed by atoms with van der Waals surface area (Å²) in [7, 11) is 0. The number of aromatic carboxylic acids is 1. The number of benzene rings is 2. The van der Waals surface area contributed by atoms with Gasteiger partial charge in [0.05, 0.1) is 5.56 Å². The van der Waals surface area contributed by atoms with Gasteiger partial charge >= 0.3 is 5.97 Å². The van der Waals surface area contributed by atoms with E-state index in [1.807, 2.05) is 32.0 Å².